The number of amides is 1. The van der Waals surface area contributed by atoms with Crippen molar-refractivity contribution in [1.82, 2.24) is 20.1 Å². The lowest BCUT2D eigenvalue weighted by molar-refractivity contribution is -0.0654. The number of pyridine rings is 1. The second-order valence-electron chi connectivity index (χ2n) is 7.88. The molecular weight excluding hydrogens is 435 g/mol. The van der Waals surface area contributed by atoms with Gasteiger partial charge < -0.3 is 21.7 Å². The van der Waals surface area contributed by atoms with Gasteiger partial charge in [0.15, 0.2) is 11.6 Å². The molecule has 0 radical (unpaired) electrons. The number of nitrogens with zero attached hydrogens (tertiary/aromatic N) is 3. The van der Waals surface area contributed by atoms with Crippen LogP contribution in [0, 0.1) is 5.82 Å². The number of halogens is 3. The first-order chi connectivity index (χ1) is 15.8. The van der Waals surface area contributed by atoms with Gasteiger partial charge in [-0.05, 0) is 50.2 Å². The molecule has 0 saturated heterocycles. The number of likely N-dealkylation sites (N-methyl/N-ethyl adjacent to an activating group) is 1. The van der Waals surface area contributed by atoms with Gasteiger partial charge in [-0.25, -0.2) is 22.8 Å². The van der Waals surface area contributed by atoms with E-state index in [0.29, 0.717) is 12.1 Å². The van der Waals surface area contributed by atoms with Crippen LogP contribution in [-0.4, -0.2) is 45.7 Å². The van der Waals surface area contributed by atoms with E-state index >= 15 is 0 Å². The van der Waals surface area contributed by atoms with Crippen molar-refractivity contribution < 1.29 is 18.0 Å². The summed E-state index contributed by atoms with van der Waals surface area (Å²) in [6.45, 7) is 0. The number of anilines is 3. The molecule has 33 heavy (non-hydrogen) atoms. The molecule has 1 aromatic carbocycles. The molecule has 1 amide bonds. The average Bonchev–Trinajstić information content (AvgIpc) is 3.30. The topological polar surface area (TPSA) is 110 Å². The average molecular weight is 459 g/mol. The van der Waals surface area contributed by atoms with Crippen molar-refractivity contribution in [2.75, 3.05) is 17.7 Å². The molecule has 2 heterocycles. The first-order valence-corrected chi connectivity index (χ1v) is 10.5. The van der Waals surface area contributed by atoms with Crippen molar-refractivity contribution in [2.24, 2.45) is 5.73 Å². The van der Waals surface area contributed by atoms with Crippen molar-refractivity contribution in [2.45, 2.75) is 37.3 Å². The third-order valence-electron chi connectivity index (χ3n) is 5.64. The fourth-order valence-corrected chi connectivity index (χ4v) is 4.08. The highest BCUT2D eigenvalue weighted by Gasteiger charge is 2.46. The normalized spacial score (nSPS) is 19.8. The fraction of sp³-hybridized carbons (Fsp3) is 0.318. The standard InChI is InChI=1S/C22H24F3N7O/c1-27-18-17(7-3-8-22(18,24)25)30-21-16(23)12-15(19(26)33)20(31-21)29-13-5-2-6-14(11-13)32-10-4-9-28-32/h2,4-6,9-12,17-18,27H,3,7-8H2,1H3,(H2,26,33)(H2,29,30,31). The Hall–Kier alpha value is -3.60. The molecule has 2 unspecified atom stereocenters. The maximum atomic E-state index is 14.8. The number of hydrogen-bond acceptors (Lipinski definition) is 6. The number of alkyl halides is 2. The molecule has 1 saturated carbocycles. The monoisotopic (exact) mass is 459 g/mol. The number of benzene rings is 1. The Bertz CT molecular complexity index is 1140. The van der Waals surface area contributed by atoms with Crippen LogP contribution in [0.15, 0.2) is 48.8 Å². The predicted octanol–water partition coefficient (Wildman–Crippen LogP) is 3.44. The van der Waals surface area contributed by atoms with E-state index in [4.69, 9.17) is 5.73 Å². The number of aromatic nitrogens is 3. The van der Waals surface area contributed by atoms with Gasteiger partial charge in [0.2, 0.25) is 0 Å². The summed E-state index contributed by atoms with van der Waals surface area (Å²) in [6, 6.07) is 7.88. The summed E-state index contributed by atoms with van der Waals surface area (Å²) in [5, 5.41) is 12.6. The van der Waals surface area contributed by atoms with Crippen molar-refractivity contribution >= 4 is 23.2 Å². The number of nitrogens with two attached hydrogens (primary N) is 1. The Morgan fingerprint density at radius 2 is 2.06 bits per heavy atom. The number of nitrogens with one attached hydrogen (secondary N) is 3. The van der Waals surface area contributed by atoms with Crippen LogP contribution in [0.2, 0.25) is 0 Å². The Morgan fingerprint density at radius 3 is 2.76 bits per heavy atom. The zero-order chi connectivity index (χ0) is 23.6. The highest BCUT2D eigenvalue weighted by molar-refractivity contribution is 5.98. The number of carbonyl (C=O) groups is 1. The smallest absolute Gasteiger partial charge is 0.265 e. The Labute approximate surface area is 188 Å². The van der Waals surface area contributed by atoms with Crippen LogP contribution >= 0.6 is 0 Å². The van der Waals surface area contributed by atoms with E-state index in [2.05, 4.69) is 26.0 Å². The summed E-state index contributed by atoms with van der Waals surface area (Å²) in [7, 11) is 1.44. The van der Waals surface area contributed by atoms with Gasteiger partial charge in [0.1, 0.15) is 5.82 Å². The summed E-state index contributed by atoms with van der Waals surface area (Å²) >= 11 is 0. The third kappa shape index (κ3) is 4.77. The van der Waals surface area contributed by atoms with Gasteiger partial charge in [0, 0.05) is 30.5 Å². The van der Waals surface area contributed by atoms with Gasteiger partial charge >= 0.3 is 0 Å². The van der Waals surface area contributed by atoms with Crippen molar-refractivity contribution in [3.05, 3.63) is 60.2 Å². The van der Waals surface area contributed by atoms with Gasteiger partial charge in [0.25, 0.3) is 11.8 Å². The predicted molar refractivity (Wildman–Crippen MR) is 119 cm³/mol. The van der Waals surface area contributed by atoms with Crippen molar-refractivity contribution in [3.8, 4) is 5.69 Å². The van der Waals surface area contributed by atoms with E-state index in [1.807, 2.05) is 6.07 Å². The number of rotatable bonds is 7. The SMILES string of the molecule is CNC1C(Nc2nc(Nc3cccc(-n4cccn4)c3)c(C(N)=O)cc2F)CCCC1(F)F. The van der Waals surface area contributed by atoms with E-state index < -0.39 is 29.7 Å². The van der Waals surface area contributed by atoms with Gasteiger partial charge in [-0.3, -0.25) is 4.79 Å². The number of hydrogen-bond donors (Lipinski definition) is 4. The number of carbonyl (C=O) groups excluding carboxylic acids is 1. The van der Waals surface area contributed by atoms with E-state index in [0.717, 1.165) is 11.8 Å². The first-order valence-electron chi connectivity index (χ1n) is 10.5. The van der Waals surface area contributed by atoms with Crippen LogP contribution < -0.4 is 21.7 Å². The quantitative estimate of drug-likeness (QED) is 0.431. The molecule has 0 bridgehead atoms. The summed E-state index contributed by atoms with van der Waals surface area (Å²) in [4.78, 5) is 16.1. The van der Waals surface area contributed by atoms with Crippen molar-refractivity contribution in [3.63, 3.8) is 0 Å². The Balaban J connectivity index is 1.65. The van der Waals surface area contributed by atoms with Crippen LogP contribution in [0.1, 0.15) is 29.6 Å². The molecule has 1 fully saturated rings. The van der Waals surface area contributed by atoms with E-state index in [1.165, 1.54) is 7.05 Å². The van der Waals surface area contributed by atoms with E-state index in [1.54, 1.807) is 41.3 Å². The molecule has 3 aromatic rings. The molecule has 0 aliphatic heterocycles. The van der Waals surface area contributed by atoms with Crippen LogP contribution in [0.5, 0.6) is 0 Å². The zero-order valence-electron chi connectivity index (χ0n) is 17.9. The van der Waals surface area contributed by atoms with Gasteiger partial charge in [-0.15, -0.1) is 0 Å². The molecule has 174 valence electrons. The minimum Gasteiger partial charge on any atom is -0.365 e. The van der Waals surface area contributed by atoms with E-state index in [9.17, 15) is 18.0 Å². The summed E-state index contributed by atoms with van der Waals surface area (Å²) < 4.78 is 45.1. The molecule has 4 rings (SSSR count). The van der Waals surface area contributed by atoms with Gasteiger partial charge in [-0.2, -0.15) is 5.10 Å². The van der Waals surface area contributed by atoms with Crippen LogP contribution in [0.4, 0.5) is 30.5 Å². The lowest BCUT2D eigenvalue weighted by Crippen LogP contribution is -2.56. The largest absolute Gasteiger partial charge is 0.365 e. The minimum absolute atomic E-state index is 0.00703. The first kappa shape index (κ1) is 22.6. The summed E-state index contributed by atoms with van der Waals surface area (Å²) in [5.41, 5.74) is 6.56. The second kappa shape index (κ2) is 9.10. The molecular formula is C22H24F3N7O. The molecule has 11 heteroatoms. The summed E-state index contributed by atoms with van der Waals surface area (Å²) in [6.07, 6.45) is 3.86. The highest BCUT2D eigenvalue weighted by atomic mass is 19.3. The lowest BCUT2D eigenvalue weighted by atomic mass is 9.87. The van der Waals surface area contributed by atoms with E-state index in [-0.39, 0.29) is 30.0 Å². The molecule has 8 nitrogen and oxygen atoms in total. The molecule has 1 aliphatic carbocycles. The van der Waals surface area contributed by atoms with Crippen LogP contribution in [0.3, 0.4) is 0 Å². The molecule has 2 aromatic heterocycles. The van der Waals surface area contributed by atoms with Crippen molar-refractivity contribution in [1.29, 1.82) is 0 Å². The third-order valence-corrected chi connectivity index (χ3v) is 5.64. The Kier molecular flexibility index (Phi) is 6.23. The maximum absolute atomic E-state index is 14.8. The lowest BCUT2D eigenvalue weighted by Gasteiger charge is -2.38. The fourth-order valence-electron chi connectivity index (χ4n) is 4.08. The van der Waals surface area contributed by atoms with Gasteiger partial charge in [0.05, 0.1) is 17.3 Å². The molecule has 2 atom stereocenters. The molecule has 0 spiro atoms. The zero-order valence-corrected chi connectivity index (χ0v) is 17.9. The summed E-state index contributed by atoms with van der Waals surface area (Å²) in [5.74, 6) is -4.91. The van der Waals surface area contributed by atoms with Crippen LogP contribution in [0.25, 0.3) is 5.69 Å². The van der Waals surface area contributed by atoms with Gasteiger partial charge in [-0.1, -0.05) is 6.07 Å². The second-order valence-corrected chi connectivity index (χ2v) is 7.88. The molecule has 5 N–H and O–H groups in total. The highest BCUT2D eigenvalue weighted by Crippen LogP contribution is 2.35. The minimum atomic E-state index is -2.94. The Morgan fingerprint density at radius 1 is 1.24 bits per heavy atom. The molecule has 1 aliphatic rings. The number of primary amides is 1. The van der Waals surface area contributed by atoms with Crippen LogP contribution in [-0.2, 0) is 0 Å². The maximum Gasteiger partial charge on any atom is 0.265 e.